The Morgan fingerprint density at radius 3 is 2.12 bits per heavy atom. The third kappa shape index (κ3) is 6.50. The van der Waals surface area contributed by atoms with Gasteiger partial charge in [0.25, 0.3) is 0 Å². The van der Waals surface area contributed by atoms with Crippen molar-refractivity contribution in [3.05, 3.63) is 12.2 Å². The van der Waals surface area contributed by atoms with Gasteiger partial charge in [0.05, 0.1) is 0 Å². The number of nitrogens with zero attached hydrogens (tertiary/aromatic N) is 1. The van der Waals surface area contributed by atoms with Gasteiger partial charge in [-0.1, -0.05) is 5.57 Å². The van der Waals surface area contributed by atoms with E-state index in [0.29, 0.717) is 31.8 Å². The molecule has 104 valence electrons. The van der Waals surface area contributed by atoms with Gasteiger partial charge in [0.1, 0.15) is 6.04 Å². The highest BCUT2D eigenvalue weighted by atomic mass is 35.5. The van der Waals surface area contributed by atoms with Gasteiger partial charge < -0.3 is 5.32 Å². The van der Waals surface area contributed by atoms with Crippen LogP contribution in [0.4, 0.5) is 13.2 Å². The monoisotopic (exact) mass is 294 g/mol. The van der Waals surface area contributed by atoms with Crippen molar-refractivity contribution in [2.24, 2.45) is 0 Å². The molecule has 1 N–H and O–H groups in total. The quantitative estimate of drug-likeness (QED) is 0.805. The van der Waals surface area contributed by atoms with Crippen molar-refractivity contribution >= 4 is 24.8 Å². The maximum Gasteiger partial charge on any atom is 0.404 e. The van der Waals surface area contributed by atoms with E-state index in [4.69, 9.17) is 0 Å². The molecule has 1 heterocycles. The first kappa shape index (κ1) is 19.4. The van der Waals surface area contributed by atoms with Gasteiger partial charge in [0.15, 0.2) is 0 Å². The van der Waals surface area contributed by atoms with Gasteiger partial charge in [-0.05, 0) is 13.3 Å². The summed E-state index contributed by atoms with van der Waals surface area (Å²) in [7, 11) is 0. The maximum atomic E-state index is 12.8. The van der Waals surface area contributed by atoms with Gasteiger partial charge in [0.2, 0.25) is 0 Å². The molecule has 7 heteroatoms. The van der Waals surface area contributed by atoms with Gasteiger partial charge in [-0.25, -0.2) is 0 Å². The average molecular weight is 295 g/mol. The molecule has 0 bridgehead atoms. The van der Waals surface area contributed by atoms with Crippen molar-refractivity contribution in [1.29, 1.82) is 0 Å². The molecule has 1 atom stereocenters. The number of nitrogens with one attached hydrogen (secondary N) is 1. The Kier molecular flexibility index (Phi) is 9.33. The Bertz CT molecular complexity index is 228. The lowest BCUT2D eigenvalue weighted by molar-refractivity contribution is -0.184. The van der Waals surface area contributed by atoms with Crippen LogP contribution in [-0.4, -0.2) is 43.3 Å². The van der Waals surface area contributed by atoms with E-state index in [1.807, 2.05) is 0 Å². The smallest absolute Gasteiger partial charge is 0.314 e. The molecule has 1 fully saturated rings. The van der Waals surface area contributed by atoms with Gasteiger partial charge in [-0.15, -0.1) is 31.4 Å². The van der Waals surface area contributed by atoms with Crippen LogP contribution in [0, 0.1) is 0 Å². The van der Waals surface area contributed by atoms with Crippen LogP contribution in [-0.2, 0) is 0 Å². The molecule has 1 aliphatic rings. The van der Waals surface area contributed by atoms with Crippen LogP contribution in [0.3, 0.4) is 0 Å². The minimum atomic E-state index is -4.16. The Morgan fingerprint density at radius 1 is 1.29 bits per heavy atom. The number of hydrogen-bond donors (Lipinski definition) is 1. The molecular weight excluding hydrogens is 276 g/mol. The first-order chi connectivity index (χ1) is 6.91. The zero-order valence-corrected chi connectivity index (χ0v) is 11.4. The summed E-state index contributed by atoms with van der Waals surface area (Å²) in [5.74, 6) is 0. The highest BCUT2D eigenvalue weighted by Crippen LogP contribution is 2.29. The Morgan fingerprint density at radius 2 is 1.76 bits per heavy atom. The maximum absolute atomic E-state index is 12.8. The van der Waals surface area contributed by atoms with Crippen LogP contribution in [0.15, 0.2) is 12.2 Å². The predicted octanol–water partition coefficient (Wildman–Crippen LogP) is 2.63. The number of hydrogen-bond acceptors (Lipinski definition) is 2. The molecule has 0 amide bonds. The first-order valence-corrected chi connectivity index (χ1v) is 5.07. The Labute approximate surface area is 112 Å². The van der Waals surface area contributed by atoms with Crippen LogP contribution in [0.25, 0.3) is 0 Å². The second-order valence-corrected chi connectivity index (χ2v) is 4.00. The molecule has 0 spiro atoms. The van der Waals surface area contributed by atoms with E-state index >= 15 is 0 Å². The van der Waals surface area contributed by atoms with E-state index in [1.54, 1.807) is 6.92 Å². The SMILES string of the molecule is C=C(C)C[C@H](N1CCNCC1)C(F)(F)F.Cl.Cl. The lowest BCUT2D eigenvalue weighted by Gasteiger charge is -2.36. The van der Waals surface area contributed by atoms with Crippen molar-refractivity contribution < 1.29 is 13.2 Å². The fourth-order valence-electron chi connectivity index (χ4n) is 1.78. The molecule has 1 rings (SSSR count). The van der Waals surface area contributed by atoms with E-state index in [0.717, 1.165) is 0 Å². The lowest BCUT2D eigenvalue weighted by atomic mass is 10.1. The molecule has 0 aromatic carbocycles. The van der Waals surface area contributed by atoms with E-state index in [-0.39, 0.29) is 31.2 Å². The summed E-state index contributed by atoms with van der Waals surface area (Å²) >= 11 is 0. The van der Waals surface area contributed by atoms with Crippen molar-refractivity contribution in [3.63, 3.8) is 0 Å². The highest BCUT2D eigenvalue weighted by molar-refractivity contribution is 5.85. The molecular formula is C10H19Cl2F3N2. The summed E-state index contributed by atoms with van der Waals surface area (Å²) in [6, 6.07) is -1.36. The van der Waals surface area contributed by atoms with Crippen LogP contribution in [0.1, 0.15) is 13.3 Å². The van der Waals surface area contributed by atoms with E-state index in [2.05, 4.69) is 11.9 Å². The van der Waals surface area contributed by atoms with E-state index in [9.17, 15) is 13.2 Å². The van der Waals surface area contributed by atoms with Gasteiger partial charge >= 0.3 is 6.18 Å². The largest absolute Gasteiger partial charge is 0.404 e. The molecule has 2 nitrogen and oxygen atoms in total. The third-order valence-electron chi connectivity index (χ3n) is 2.51. The third-order valence-corrected chi connectivity index (χ3v) is 2.51. The standard InChI is InChI=1S/C10H17F3N2.2ClH/c1-8(2)7-9(10(11,12)13)15-5-3-14-4-6-15;;/h9,14H,1,3-7H2,2H3;2*1H/t9-;;/m0../s1. The lowest BCUT2D eigenvalue weighted by Crippen LogP contribution is -2.53. The Hall–Kier alpha value is 0.0300. The molecule has 1 aliphatic heterocycles. The van der Waals surface area contributed by atoms with E-state index < -0.39 is 12.2 Å². The summed E-state index contributed by atoms with van der Waals surface area (Å²) in [4.78, 5) is 1.49. The predicted molar refractivity (Wildman–Crippen MR) is 68.2 cm³/mol. The summed E-state index contributed by atoms with van der Waals surface area (Å²) in [6.45, 7) is 7.37. The fourth-order valence-corrected chi connectivity index (χ4v) is 1.78. The second-order valence-electron chi connectivity index (χ2n) is 4.00. The molecule has 17 heavy (non-hydrogen) atoms. The highest BCUT2D eigenvalue weighted by Gasteiger charge is 2.43. The summed E-state index contributed by atoms with van der Waals surface area (Å²) in [5.41, 5.74) is 0.579. The fraction of sp³-hybridized carbons (Fsp3) is 0.800. The molecule has 0 aromatic rings. The van der Waals surface area contributed by atoms with Crippen LogP contribution < -0.4 is 5.32 Å². The first-order valence-electron chi connectivity index (χ1n) is 5.07. The zero-order chi connectivity index (χ0) is 11.5. The molecule has 0 radical (unpaired) electrons. The normalized spacial score (nSPS) is 18.8. The topological polar surface area (TPSA) is 15.3 Å². The van der Waals surface area contributed by atoms with Crippen LogP contribution in [0.5, 0.6) is 0 Å². The number of alkyl halides is 3. The van der Waals surface area contributed by atoms with Gasteiger partial charge in [-0.2, -0.15) is 13.2 Å². The number of piperazine rings is 1. The molecule has 0 unspecified atom stereocenters. The summed E-state index contributed by atoms with van der Waals surface area (Å²) < 4.78 is 38.3. The number of rotatable bonds is 3. The second kappa shape index (κ2) is 8.19. The van der Waals surface area contributed by atoms with Crippen molar-refractivity contribution in [2.75, 3.05) is 26.2 Å². The van der Waals surface area contributed by atoms with Crippen LogP contribution >= 0.6 is 24.8 Å². The molecule has 0 aliphatic carbocycles. The average Bonchev–Trinajstić information content (AvgIpc) is 2.14. The minimum absolute atomic E-state index is 0. The molecule has 1 saturated heterocycles. The van der Waals surface area contributed by atoms with Crippen molar-refractivity contribution in [1.82, 2.24) is 10.2 Å². The molecule has 0 saturated carbocycles. The number of halogens is 5. The summed E-state index contributed by atoms with van der Waals surface area (Å²) in [5, 5.41) is 3.04. The van der Waals surface area contributed by atoms with E-state index in [1.165, 1.54) is 4.90 Å². The molecule has 0 aromatic heterocycles. The summed E-state index contributed by atoms with van der Waals surface area (Å²) in [6.07, 6.45) is -4.15. The van der Waals surface area contributed by atoms with Crippen molar-refractivity contribution in [2.45, 2.75) is 25.6 Å². The zero-order valence-electron chi connectivity index (χ0n) is 9.72. The van der Waals surface area contributed by atoms with Crippen molar-refractivity contribution in [3.8, 4) is 0 Å². The minimum Gasteiger partial charge on any atom is -0.314 e. The van der Waals surface area contributed by atoms with Gasteiger partial charge in [0, 0.05) is 26.2 Å². The van der Waals surface area contributed by atoms with Crippen LogP contribution in [0.2, 0.25) is 0 Å². The Balaban J connectivity index is 0. The van der Waals surface area contributed by atoms with Gasteiger partial charge in [-0.3, -0.25) is 4.90 Å².